The second-order valence-electron chi connectivity index (χ2n) is 5.47. The average molecular weight is 329 g/mol. The van der Waals surface area contributed by atoms with E-state index in [1.165, 1.54) is 56.3 Å². The molecule has 1 aromatic heterocycles. The van der Waals surface area contributed by atoms with Gasteiger partial charge in [0, 0.05) is 0 Å². The van der Waals surface area contributed by atoms with E-state index in [1.807, 2.05) is 0 Å². The van der Waals surface area contributed by atoms with Gasteiger partial charge in [0.05, 0.1) is 11.0 Å². The molecule has 0 spiro atoms. The third-order valence-corrected chi connectivity index (χ3v) is 5.98. The van der Waals surface area contributed by atoms with Crippen molar-refractivity contribution in [1.29, 1.82) is 0 Å². The predicted molar refractivity (Wildman–Crippen MR) is 89.4 cm³/mol. The number of nitrogen functional groups attached to an aromatic ring is 1. The monoisotopic (exact) mass is 328 g/mol. The fourth-order valence-electron chi connectivity index (χ4n) is 2.66. The highest BCUT2D eigenvalue weighted by atomic mass is 32.2. The zero-order valence-corrected chi connectivity index (χ0v) is 14.0. The molecule has 0 bridgehead atoms. The van der Waals surface area contributed by atoms with Crippen molar-refractivity contribution >= 4 is 33.9 Å². The van der Waals surface area contributed by atoms with Crippen LogP contribution in [-0.2, 0) is 0 Å². The van der Waals surface area contributed by atoms with Crippen molar-refractivity contribution in [2.75, 3.05) is 5.73 Å². The van der Waals surface area contributed by atoms with Crippen molar-refractivity contribution in [2.24, 2.45) is 5.16 Å². The summed E-state index contributed by atoms with van der Waals surface area (Å²) in [5.41, 5.74) is 6.54. The SMILES string of the molecule is Nc1nnc(S[C@@H]2CCCCCCCCCC/C2=N\O)s1. The first-order chi connectivity index (χ1) is 10.3. The van der Waals surface area contributed by atoms with Crippen LogP contribution in [0.4, 0.5) is 5.13 Å². The summed E-state index contributed by atoms with van der Waals surface area (Å²) in [6.45, 7) is 0. The Bertz CT molecular complexity index is 450. The highest BCUT2D eigenvalue weighted by Gasteiger charge is 2.20. The van der Waals surface area contributed by atoms with E-state index in [1.54, 1.807) is 11.8 Å². The van der Waals surface area contributed by atoms with Crippen LogP contribution in [0.2, 0.25) is 0 Å². The molecule has 1 heterocycles. The maximum Gasteiger partial charge on any atom is 0.203 e. The van der Waals surface area contributed by atoms with Crippen molar-refractivity contribution in [3.63, 3.8) is 0 Å². The topological polar surface area (TPSA) is 84.4 Å². The Morgan fingerprint density at radius 3 is 2.33 bits per heavy atom. The molecule has 1 aliphatic rings. The molecule has 3 N–H and O–H groups in total. The van der Waals surface area contributed by atoms with Crippen LogP contribution in [-0.4, -0.2) is 26.4 Å². The summed E-state index contributed by atoms with van der Waals surface area (Å²) in [7, 11) is 0. The van der Waals surface area contributed by atoms with Crippen molar-refractivity contribution in [2.45, 2.75) is 73.8 Å². The molecule has 1 saturated carbocycles. The van der Waals surface area contributed by atoms with E-state index in [9.17, 15) is 5.21 Å². The molecule has 5 nitrogen and oxygen atoms in total. The minimum Gasteiger partial charge on any atom is -0.411 e. The highest BCUT2D eigenvalue weighted by molar-refractivity contribution is 8.02. The zero-order valence-electron chi connectivity index (χ0n) is 12.3. The number of hydrogen-bond acceptors (Lipinski definition) is 7. The minimum atomic E-state index is 0.196. The second-order valence-corrected chi connectivity index (χ2v) is 7.93. The first-order valence-electron chi connectivity index (χ1n) is 7.76. The van der Waals surface area contributed by atoms with Crippen LogP contribution < -0.4 is 5.73 Å². The van der Waals surface area contributed by atoms with Crippen molar-refractivity contribution in [3.8, 4) is 0 Å². The van der Waals surface area contributed by atoms with Crippen molar-refractivity contribution in [1.82, 2.24) is 10.2 Å². The number of thioether (sulfide) groups is 1. The molecular formula is C14H24N4OS2. The third-order valence-electron chi connectivity index (χ3n) is 3.81. The van der Waals surface area contributed by atoms with Gasteiger partial charge >= 0.3 is 0 Å². The molecule has 0 amide bonds. The second kappa shape index (κ2) is 9.25. The van der Waals surface area contributed by atoms with Gasteiger partial charge in [-0.3, -0.25) is 0 Å². The largest absolute Gasteiger partial charge is 0.411 e. The van der Waals surface area contributed by atoms with E-state index in [2.05, 4.69) is 15.4 Å². The summed E-state index contributed by atoms with van der Waals surface area (Å²) in [6, 6.07) is 0. The summed E-state index contributed by atoms with van der Waals surface area (Å²) >= 11 is 3.05. The Kier molecular flexibility index (Phi) is 7.29. The van der Waals surface area contributed by atoms with Gasteiger partial charge in [-0.15, -0.1) is 10.2 Å². The lowest BCUT2D eigenvalue weighted by Gasteiger charge is -2.17. The number of nitrogens with two attached hydrogens (primary N) is 1. The molecule has 0 saturated heterocycles. The number of rotatable bonds is 2. The molecule has 0 unspecified atom stereocenters. The Labute approximate surface area is 134 Å². The van der Waals surface area contributed by atoms with Crippen LogP contribution in [0, 0.1) is 0 Å². The third kappa shape index (κ3) is 5.82. The Morgan fingerprint density at radius 2 is 1.71 bits per heavy atom. The van der Waals surface area contributed by atoms with E-state index in [0.29, 0.717) is 5.13 Å². The van der Waals surface area contributed by atoms with Gasteiger partial charge < -0.3 is 10.9 Å². The summed E-state index contributed by atoms with van der Waals surface area (Å²) in [5, 5.41) is 21.6. The van der Waals surface area contributed by atoms with Gasteiger partial charge in [-0.05, 0) is 19.3 Å². The summed E-state index contributed by atoms with van der Waals surface area (Å²) in [6.07, 6.45) is 12.0. The zero-order chi connectivity index (χ0) is 14.9. The summed E-state index contributed by atoms with van der Waals surface area (Å²) < 4.78 is 0.866. The maximum absolute atomic E-state index is 9.37. The number of aromatic nitrogens is 2. The van der Waals surface area contributed by atoms with Crippen molar-refractivity contribution in [3.05, 3.63) is 0 Å². The molecule has 118 valence electrons. The molecule has 1 aromatic rings. The lowest BCUT2D eigenvalue weighted by molar-refractivity contribution is 0.315. The Balaban J connectivity index is 1.99. The van der Waals surface area contributed by atoms with E-state index in [0.717, 1.165) is 29.3 Å². The minimum absolute atomic E-state index is 0.196. The van der Waals surface area contributed by atoms with Gasteiger partial charge in [0.15, 0.2) is 4.34 Å². The van der Waals surface area contributed by atoms with Crippen LogP contribution in [0.5, 0.6) is 0 Å². The summed E-state index contributed by atoms with van der Waals surface area (Å²) in [5.74, 6) is 0. The van der Waals surface area contributed by atoms with Crippen molar-refractivity contribution < 1.29 is 5.21 Å². The van der Waals surface area contributed by atoms with Gasteiger partial charge in [-0.1, -0.05) is 73.2 Å². The number of hydrogen-bond donors (Lipinski definition) is 2. The van der Waals surface area contributed by atoms with Gasteiger partial charge in [0.1, 0.15) is 0 Å². The first kappa shape index (κ1) is 16.5. The fraction of sp³-hybridized carbons (Fsp3) is 0.786. The van der Waals surface area contributed by atoms with Gasteiger partial charge in [0.25, 0.3) is 0 Å². The molecule has 1 fully saturated rings. The molecular weight excluding hydrogens is 304 g/mol. The number of oxime groups is 1. The quantitative estimate of drug-likeness (QED) is 0.623. The lowest BCUT2D eigenvalue weighted by Crippen LogP contribution is -2.18. The smallest absolute Gasteiger partial charge is 0.203 e. The molecule has 0 aliphatic heterocycles. The van der Waals surface area contributed by atoms with Crippen LogP contribution in [0.25, 0.3) is 0 Å². The van der Waals surface area contributed by atoms with E-state index < -0.39 is 0 Å². The van der Waals surface area contributed by atoms with Crippen LogP contribution in [0.1, 0.15) is 64.2 Å². The first-order valence-corrected chi connectivity index (χ1v) is 9.45. The Hall–Kier alpha value is -0.820. The molecule has 7 heteroatoms. The van der Waals surface area contributed by atoms with E-state index in [-0.39, 0.29) is 5.25 Å². The highest BCUT2D eigenvalue weighted by Crippen LogP contribution is 2.32. The van der Waals surface area contributed by atoms with E-state index >= 15 is 0 Å². The van der Waals surface area contributed by atoms with Gasteiger partial charge in [-0.2, -0.15) is 0 Å². The van der Waals surface area contributed by atoms with Gasteiger partial charge in [0.2, 0.25) is 5.13 Å². The molecule has 0 radical (unpaired) electrons. The summed E-state index contributed by atoms with van der Waals surface area (Å²) in [4.78, 5) is 0. The molecule has 21 heavy (non-hydrogen) atoms. The standard InChI is InChI=1S/C14H24N4OS2/c15-13-16-17-14(21-13)20-12-10-8-6-4-2-1-3-5-7-9-11(12)18-19/h12,19H,1-10H2,(H2,15,16)/b18-11+/t12-/m1/s1. The maximum atomic E-state index is 9.37. The van der Waals surface area contributed by atoms with Crippen LogP contribution >= 0.6 is 23.1 Å². The molecule has 1 atom stereocenters. The molecule has 0 aromatic carbocycles. The number of anilines is 1. The molecule has 1 aliphatic carbocycles. The van der Waals surface area contributed by atoms with E-state index in [4.69, 9.17) is 5.73 Å². The van der Waals surface area contributed by atoms with Crippen LogP contribution in [0.15, 0.2) is 9.50 Å². The Morgan fingerprint density at radius 1 is 1.05 bits per heavy atom. The number of nitrogens with zero attached hydrogens (tertiary/aromatic N) is 3. The average Bonchev–Trinajstić information content (AvgIpc) is 2.87. The fourth-order valence-corrected chi connectivity index (χ4v) is 4.71. The van der Waals surface area contributed by atoms with Crippen LogP contribution in [0.3, 0.4) is 0 Å². The van der Waals surface area contributed by atoms with Gasteiger partial charge in [-0.25, -0.2) is 0 Å². The lowest BCUT2D eigenvalue weighted by atomic mass is 9.99. The normalized spacial score (nSPS) is 24.4. The predicted octanol–water partition coefficient (Wildman–Crippen LogP) is 4.33. The molecule has 2 rings (SSSR count).